The van der Waals surface area contributed by atoms with Crippen LogP contribution in [0.4, 0.5) is 5.95 Å². The lowest BCUT2D eigenvalue weighted by molar-refractivity contribution is 0.945. The minimum atomic E-state index is 0.136. The number of nitrogens with one attached hydrogen (secondary N) is 1. The average molecular weight is 420 g/mol. The molecule has 0 saturated carbocycles. The van der Waals surface area contributed by atoms with Gasteiger partial charge >= 0.3 is 0 Å². The van der Waals surface area contributed by atoms with Gasteiger partial charge in [0.25, 0.3) is 0 Å². The van der Waals surface area contributed by atoms with Crippen molar-refractivity contribution in [3.8, 4) is 22.5 Å². The van der Waals surface area contributed by atoms with Crippen molar-refractivity contribution in [2.45, 2.75) is 0 Å². The Bertz CT molecular complexity index is 1320. The van der Waals surface area contributed by atoms with Gasteiger partial charge in [-0.05, 0) is 30.3 Å². The molecule has 0 atom stereocenters. The summed E-state index contributed by atoms with van der Waals surface area (Å²) in [4.78, 5) is 12.3. The van der Waals surface area contributed by atoms with Crippen molar-refractivity contribution in [3.63, 3.8) is 0 Å². The van der Waals surface area contributed by atoms with E-state index in [0.717, 1.165) is 37.5 Å². The molecule has 3 N–H and O–H groups in total. The Morgan fingerprint density at radius 2 is 1.96 bits per heavy atom. The number of aryl methyl sites for hydroxylation is 1. The Labute approximate surface area is 162 Å². The molecule has 0 saturated heterocycles. The number of pyridine rings is 1. The van der Waals surface area contributed by atoms with Gasteiger partial charge in [-0.15, -0.1) is 10.2 Å². The van der Waals surface area contributed by atoms with Gasteiger partial charge in [-0.2, -0.15) is 0 Å². The van der Waals surface area contributed by atoms with Crippen LogP contribution in [0.3, 0.4) is 0 Å². The topological polar surface area (TPSA) is 98.3 Å². The third-order valence-corrected chi connectivity index (χ3v) is 5.08. The van der Waals surface area contributed by atoms with Crippen molar-refractivity contribution in [1.82, 2.24) is 29.7 Å². The van der Waals surface area contributed by atoms with Crippen LogP contribution in [0.25, 0.3) is 44.5 Å². The maximum absolute atomic E-state index is 5.88. The van der Waals surface area contributed by atoms with Gasteiger partial charge in [0.1, 0.15) is 17.0 Å². The number of aromatic amines is 1. The number of hydrogen-bond donors (Lipinski definition) is 2. The van der Waals surface area contributed by atoms with E-state index in [9.17, 15) is 0 Å². The number of nitrogens with zero attached hydrogens (tertiary/aromatic N) is 5. The van der Waals surface area contributed by atoms with Gasteiger partial charge < -0.3 is 15.3 Å². The van der Waals surface area contributed by atoms with Crippen LogP contribution in [0.2, 0.25) is 0 Å². The van der Waals surface area contributed by atoms with E-state index in [1.165, 1.54) is 0 Å². The van der Waals surface area contributed by atoms with Crippen LogP contribution in [-0.2, 0) is 7.05 Å². The van der Waals surface area contributed by atoms with Crippen molar-refractivity contribution in [3.05, 3.63) is 53.4 Å². The summed E-state index contributed by atoms with van der Waals surface area (Å²) >= 11 is 3.54. The fraction of sp³-hybridized carbons (Fsp3) is 0.0526. The lowest BCUT2D eigenvalue weighted by Crippen LogP contribution is -2.02. The highest BCUT2D eigenvalue weighted by atomic mass is 79.9. The standard InChI is InChI=1S/C19H14BrN7/c1-27-9-14(11-3-2-6-22-18(11)27)17-16(24-19(21)26-25-17)13-8-23-15-5-4-10(20)7-12(13)15/h2-9,23H,1H3,(H2,21,24,26). The summed E-state index contributed by atoms with van der Waals surface area (Å²) in [6, 6.07) is 9.99. The molecule has 5 aromatic rings. The van der Waals surface area contributed by atoms with Crippen LogP contribution < -0.4 is 5.73 Å². The van der Waals surface area contributed by atoms with E-state index in [0.29, 0.717) is 11.4 Å². The molecule has 0 radical (unpaired) electrons. The molecule has 0 spiro atoms. The van der Waals surface area contributed by atoms with Crippen LogP contribution in [0.5, 0.6) is 0 Å². The normalized spacial score (nSPS) is 11.5. The zero-order chi connectivity index (χ0) is 18.5. The number of hydrogen-bond acceptors (Lipinski definition) is 5. The van der Waals surface area contributed by atoms with Gasteiger partial charge in [0.2, 0.25) is 5.95 Å². The van der Waals surface area contributed by atoms with Crippen molar-refractivity contribution in [2.75, 3.05) is 5.73 Å². The summed E-state index contributed by atoms with van der Waals surface area (Å²) < 4.78 is 2.96. The zero-order valence-corrected chi connectivity index (χ0v) is 15.9. The van der Waals surface area contributed by atoms with Crippen LogP contribution in [0.1, 0.15) is 0 Å². The molecule has 0 fully saturated rings. The molecule has 5 rings (SSSR count). The number of aromatic nitrogens is 6. The first-order valence-corrected chi connectivity index (χ1v) is 9.09. The average Bonchev–Trinajstić information content (AvgIpc) is 3.23. The summed E-state index contributed by atoms with van der Waals surface area (Å²) in [6.45, 7) is 0. The van der Waals surface area contributed by atoms with Gasteiger partial charge in [-0.3, -0.25) is 0 Å². The molecule has 0 aliphatic heterocycles. The maximum Gasteiger partial charge on any atom is 0.240 e. The smallest absolute Gasteiger partial charge is 0.240 e. The Balaban J connectivity index is 1.84. The number of halogens is 1. The van der Waals surface area contributed by atoms with E-state index in [2.05, 4.69) is 41.1 Å². The van der Waals surface area contributed by atoms with E-state index in [4.69, 9.17) is 5.73 Å². The molecular weight excluding hydrogens is 406 g/mol. The molecule has 0 unspecified atom stereocenters. The Morgan fingerprint density at radius 1 is 1.07 bits per heavy atom. The van der Waals surface area contributed by atoms with E-state index in [-0.39, 0.29) is 5.95 Å². The number of benzene rings is 1. The lowest BCUT2D eigenvalue weighted by atomic mass is 10.0. The van der Waals surface area contributed by atoms with E-state index < -0.39 is 0 Å². The van der Waals surface area contributed by atoms with Gasteiger partial charge in [0.15, 0.2) is 0 Å². The van der Waals surface area contributed by atoms with Crippen molar-refractivity contribution in [1.29, 1.82) is 0 Å². The minimum Gasteiger partial charge on any atom is -0.366 e. The number of H-pyrrole nitrogens is 1. The summed E-state index contributed by atoms with van der Waals surface area (Å²) in [7, 11) is 1.96. The van der Waals surface area contributed by atoms with Crippen LogP contribution >= 0.6 is 15.9 Å². The highest BCUT2D eigenvalue weighted by Gasteiger charge is 2.20. The van der Waals surface area contributed by atoms with Gasteiger partial charge in [-0.25, -0.2) is 9.97 Å². The summed E-state index contributed by atoms with van der Waals surface area (Å²) in [5.41, 5.74) is 11.0. The Morgan fingerprint density at radius 3 is 2.85 bits per heavy atom. The largest absolute Gasteiger partial charge is 0.366 e. The molecule has 8 heteroatoms. The molecule has 4 aromatic heterocycles. The van der Waals surface area contributed by atoms with Gasteiger partial charge in [0, 0.05) is 57.5 Å². The molecule has 0 amide bonds. The Kier molecular flexibility index (Phi) is 3.48. The van der Waals surface area contributed by atoms with Gasteiger partial charge in [0.05, 0.1) is 0 Å². The molecule has 7 nitrogen and oxygen atoms in total. The SMILES string of the molecule is Cn1cc(-c2nnc(N)nc2-c2c[nH]c3ccc(Br)cc23)c2cccnc21. The second-order valence-corrected chi connectivity index (χ2v) is 7.20. The van der Waals surface area contributed by atoms with Crippen LogP contribution in [-0.4, -0.2) is 29.7 Å². The lowest BCUT2D eigenvalue weighted by Gasteiger charge is -2.06. The predicted molar refractivity (Wildman–Crippen MR) is 109 cm³/mol. The van der Waals surface area contributed by atoms with Crippen molar-refractivity contribution < 1.29 is 0 Å². The first-order valence-electron chi connectivity index (χ1n) is 8.29. The fourth-order valence-electron chi connectivity index (χ4n) is 3.40. The molecule has 0 aliphatic carbocycles. The number of anilines is 1. The van der Waals surface area contributed by atoms with Crippen LogP contribution in [0, 0.1) is 0 Å². The van der Waals surface area contributed by atoms with Gasteiger partial charge in [-0.1, -0.05) is 15.9 Å². The molecule has 27 heavy (non-hydrogen) atoms. The third-order valence-electron chi connectivity index (χ3n) is 4.59. The Hall–Kier alpha value is -3.26. The number of nitrogen functional groups attached to an aromatic ring is 1. The van der Waals surface area contributed by atoms with Crippen LogP contribution in [0.15, 0.2) is 53.4 Å². The molecule has 132 valence electrons. The molecular formula is C19H14BrN7. The minimum absolute atomic E-state index is 0.136. The van der Waals surface area contributed by atoms with Crippen molar-refractivity contribution in [2.24, 2.45) is 7.05 Å². The number of fused-ring (bicyclic) bond motifs is 2. The maximum atomic E-state index is 5.88. The number of nitrogens with two attached hydrogens (primary N) is 1. The van der Waals surface area contributed by atoms with E-state index in [1.807, 2.05) is 54.3 Å². The third kappa shape index (κ3) is 2.48. The molecule has 0 aliphatic rings. The van der Waals surface area contributed by atoms with Crippen molar-refractivity contribution >= 4 is 43.8 Å². The monoisotopic (exact) mass is 419 g/mol. The molecule has 4 heterocycles. The number of rotatable bonds is 2. The summed E-state index contributed by atoms with van der Waals surface area (Å²) in [5.74, 6) is 0.136. The summed E-state index contributed by atoms with van der Waals surface area (Å²) in [6.07, 6.45) is 5.69. The second-order valence-electron chi connectivity index (χ2n) is 6.29. The van der Waals surface area contributed by atoms with E-state index in [1.54, 1.807) is 6.20 Å². The highest BCUT2D eigenvalue weighted by Crippen LogP contribution is 2.37. The quantitative estimate of drug-likeness (QED) is 0.451. The van der Waals surface area contributed by atoms with E-state index >= 15 is 0 Å². The zero-order valence-electron chi connectivity index (χ0n) is 14.3. The highest BCUT2D eigenvalue weighted by molar-refractivity contribution is 9.10. The molecule has 1 aromatic carbocycles. The summed E-state index contributed by atoms with van der Waals surface area (Å²) in [5, 5.41) is 10.4. The second kappa shape index (κ2) is 5.88. The fourth-order valence-corrected chi connectivity index (χ4v) is 3.76. The molecule has 0 bridgehead atoms. The first kappa shape index (κ1) is 16.0. The predicted octanol–water partition coefficient (Wildman–Crippen LogP) is 3.92. The first-order chi connectivity index (χ1) is 13.1.